The summed E-state index contributed by atoms with van der Waals surface area (Å²) in [7, 11) is 0. The van der Waals surface area contributed by atoms with Crippen molar-refractivity contribution in [1.29, 1.82) is 0 Å². The summed E-state index contributed by atoms with van der Waals surface area (Å²) < 4.78 is 2.27. The van der Waals surface area contributed by atoms with Gasteiger partial charge in [0.25, 0.3) is 0 Å². The zero-order valence-corrected chi connectivity index (χ0v) is 14.2. The van der Waals surface area contributed by atoms with E-state index in [1.54, 1.807) is 0 Å². The van der Waals surface area contributed by atoms with E-state index in [4.69, 9.17) is 17.3 Å². The first-order valence-corrected chi connectivity index (χ1v) is 8.22. The van der Waals surface area contributed by atoms with Gasteiger partial charge in [-0.3, -0.25) is 0 Å². The van der Waals surface area contributed by atoms with Gasteiger partial charge in [0.15, 0.2) is 0 Å². The van der Waals surface area contributed by atoms with Gasteiger partial charge >= 0.3 is 0 Å². The lowest BCUT2D eigenvalue weighted by atomic mass is 10.0. The number of hydrogen-bond donors (Lipinski definition) is 1. The second kappa shape index (κ2) is 6.69. The number of aryl methyl sites for hydroxylation is 3. The van der Waals surface area contributed by atoms with Crippen LogP contribution in [0.2, 0.25) is 5.02 Å². The summed E-state index contributed by atoms with van der Waals surface area (Å²) in [6.07, 6.45) is 6.89. The van der Waals surface area contributed by atoms with Crippen LogP contribution in [-0.2, 0) is 13.0 Å². The fourth-order valence-corrected chi connectivity index (χ4v) is 2.97. The Morgan fingerprint density at radius 2 is 2.00 bits per heavy atom. The number of benzene rings is 1. The standard InChI is InChI=1S/C18H21ClN4/c1-12(8-20)17-11-23(18-4-3-15(19)7-16(17)18)6-5-14-9-21-13(2)22-10-14/h3-4,7,9-12H,5-6,8,20H2,1-2H3. The molecule has 23 heavy (non-hydrogen) atoms. The molecule has 2 N–H and O–H groups in total. The van der Waals surface area contributed by atoms with Gasteiger partial charge in [-0.05, 0) is 55.1 Å². The van der Waals surface area contributed by atoms with E-state index in [1.165, 1.54) is 16.5 Å². The largest absolute Gasteiger partial charge is 0.347 e. The number of nitrogens with zero attached hydrogens (tertiary/aromatic N) is 3. The summed E-state index contributed by atoms with van der Waals surface area (Å²) in [6, 6.07) is 6.05. The van der Waals surface area contributed by atoms with Gasteiger partial charge in [0.2, 0.25) is 0 Å². The van der Waals surface area contributed by atoms with Crippen molar-refractivity contribution in [1.82, 2.24) is 14.5 Å². The van der Waals surface area contributed by atoms with E-state index in [0.717, 1.165) is 29.4 Å². The second-order valence-corrected chi connectivity index (χ2v) is 6.40. The quantitative estimate of drug-likeness (QED) is 0.777. The molecule has 5 heteroatoms. The molecule has 0 fully saturated rings. The predicted molar refractivity (Wildman–Crippen MR) is 94.9 cm³/mol. The van der Waals surface area contributed by atoms with Crippen LogP contribution in [0.1, 0.15) is 29.8 Å². The molecule has 0 aliphatic carbocycles. The fraction of sp³-hybridized carbons (Fsp3) is 0.333. The Morgan fingerprint density at radius 1 is 1.26 bits per heavy atom. The molecule has 3 aromatic rings. The molecular formula is C18H21ClN4. The third-order valence-electron chi connectivity index (χ3n) is 4.23. The fourth-order valence-electron chi connectivity index (χ4n) is 2.80. The average molecular weight is 329 g/mol. The lowest BCUT2D eigenvalue weighted by molar-refractivity contribution is 0.704. The van der Waals surface area contributed by atoms with Crippen LogP contribution < -0.4 is 5.73 Å². The Labute approximate surface area is 141 Å². The van der Waals surface area contributed by atoms with Crippen LogP contribution >= 0.6 is 11.6 Å². The highest BCUT2D eigenvalue weighted by Gasteiger charge is 2.13. The smallest absolute Gasteiger partial charge is 0.125 e. The molecule has 2 aromatic heterocycles. The van der Waals surface area contributed by atoms with Gasteiger partial charge in [-0.1, -0.05) is 18.5 Å². The van der Waals surface area contributed by atoms with Crippen molar-refractivity contribution in [3.63, 3.8) is 0 Å². The van der Waals surface area contributed by atoms with Gasteiger partial charge in [-0.15, -0.1) is 0 Å². The number of fused-ring (bicyclic) bond motifs is 1. The van der Waals surface area contributed by atoms with Crippen molar-refractivity contribution in [2.75, 3.05) is 6.54 Å². The van der Waals surface area contributed by atoms with E-state index in [0.29, 0.717) is 12.5 Å². The third kappa shape index (κ3) is 3.38. The summed E-state index contributed by atoms with van der Waals surface area (Å²) >= 11 is 6.18. The van der Waals surface area contributed by atoms with Gasteiger partial charge in [0.05, 0.1) is 0 Å². The summed E-state index contributed by atoms with van der Waals surface area (Å²) in [5.41, 5.74) is 9.45. The van der Waals surface area contributed by atoms with Gasteiger partial charge < -0.3 is 10.3 Å². The number of hydrogen-bond acceptors (Lipinski definition) is 3. The van der Waals surface area contributed by atoms with Crippen molar-refractivity contribution < 1.29 is 0 Å². The molecule has 0 radical (unpaired) electrons. The van der Waals surface area contributed by atoms with Crippen molar-refractivity contribution in [3.8, 4) is 0 Å². The van der Waals surface area contributed by atoms with E-state index < -0.39 is 0 Å². The normalized spacial score (nSPS) is 12.7. The van der Waals surface area contributed by atoms with Crippen LogP contribution in [-0.4, -0.2) is 21.1 Å². The number of aromatic nitrogens is 3. The molecule has 0 aliphatic heterocycles. The molecule has 0 spiro atoms. The summed E-state index contributed by atoms with van der Waals surface area (Å²) in [5.74, 6) is 1.11. The van der Waals surface area contributed by atoms with Gasteiger partial charge in [0.1, 0.15) is 5.82 Å². The lowest BCUT2D eigenvalue weighted by Crippen LogP contribution is -2.08. The molecule has 1 aromatic carbocycles. The maximum absolute atomic E-state index is 6.18. The molecule has 0 saturated carbocycles. The summed E-state index contributed by atoms with van der Waals surface area (Å²) in [5, 5.41) is 1.95. The van der Waals surface area contributed by atoms with Crippen LogP contribution in [0.4, 0.5) is 0 Å². The zero-order valence-electron chi connectivity index (χ0n) is 13.5. The molecule has 1 atom stereocenters. The van der Waals surface area contributed by atoms with Crippen LogP contribution in [0.15, 0.2) is 36.8 Å². The van der Waals surface area contributed by atoms with Crippen molar-refractivity contribution in [3.05, 3.63) is 58.8 Å². The Bertz CT molecular complexity index is 808. The SMILES string of the molecule is Cc1ncc(CCn2cc(C(C)CN)c3cc(Cl)ccc32)cn1. The molecule has 3 rings (SSSR count). The Hall–Kier alpha value is -1.91. The molecule has 4 nitrogen and oxygen atoms in total. The first kappa shape index (κ1) is 16.0. The van der Waals surface area contributed by atoms with Crippen LogP contribution in [0.5, 0.6) is 0 Å². The van der Waals surface area contributed by atoms with Crippen LogP contribution in [0, 0.1) is 6.92 Å². The highest BCUT2D eigenvalue weighted by molar-refractivity contribution is 6.31. The van der Waals surface area contributed by atoms with E-state index in [1.807, 2.05) is 31.5 Å². The molecule has 2 heterocycles. The van der Waals surface area contributed by atoms with Crippen molar-refractivity contribution in [2.45, 2.75) is 32.7 Å². The topological polar surface area (TPSA) is 56.7 Å². The predicted octanol–water partition coefficient (Wildman–Crippen LogP) is 3.70. The second-order valence-electron chi connectivity index (χ2n) is 5.96. The first-order valence-electron chi connectivity index (χ1n) is 7.84. The Kier molecular flexibility index (Phi) is 4.64. The minimum absolute atomic E-state index is 0.305. The van der Waals surface area contributed by atoms with E-state index in [9.17, 15) is 0 Å². The molecule has 0 aliphatic rings. The molecule has 120 valence electrons. The van der Waals surface area contributed by atoms with Gasteiger partial charge in [-0.25, -0.2) is 9.97 Å². The molecule has 0 bridgehead atoms. The third-order valence-corrected chi connectivity index (χ3v) is 4.47. The monoisotopic (exact) mass is 328 g/mol. The Balaban J connectivity index is 1.92. The molecule has 0 saturated heterocycles. The minimum atomic E-state index is 0.305. The summed E-state index contributed by atoms with van der Waals surface area (Å²) in [6.45, 7) is 5.54. The Morgan fingerprint density at radius 3 is 2.70 bits per heavy atom. The number of rotatable bonds is 5. The first-order chi connectivity index (χ1) is 11.1. The van der Waals surface area contributed by atoms with Crippen molar-refractivity contribution >= 4 is 22.5 Å². The van der Waals surface area contributed by atoms with Crippen LogP contribution in [0.25, 0.3) is 10.9 Å². The minimum Gasteiger partial charge on any atom is -0.347 e. The number of halogens is 1. The van der Waals surface area contributed by atoms with Gasteiger partial charge in [0, 0.05) is 41.1 Å². The van der Waals surface area contributed by atoms with Gasteiger partial charge in [-0.2, -0.15) is 0 Å². The highest BCUT2D eigenvalue weighted by Crippen LogP contribution is 2.29. The maximum Gasteiger partial charge on any atom is 0.125 e. The zero-order chi connectivity index (χ0) is 16.4. The maximum atomic E-state index is 6.18. The lowest BCUT2D eigenvalue weighted by Gasteiger charge is -2.06. The molecule has 1 unspecified atom stereocenters. The van der Waals surface area contributed by atoms with E-state index >= 15 is 0 Å². The van der Waals surface area contributed by atoms with E-state index in [-0.39, 0.29) is 0 Å². The highest BCUT2D eigenvalue weighted by atomic mass is 35.5. The molecular weight excluding hydrogens is 308 g/mol. The van der Waals surface area contributed by atoms with Crippen molar-refractivity contribution in [2.24, 2.45) is 5.73 Å². The number of nitrogens with two attached hydrogens (primary N) is 1. The average Bonchev–Trinajstić information content (AvgIpc) is 2.91. The van der Waals surface area contributed by atoms with E-state index in [2.05, 4.69) is 33.7 Å². The molecule has 0 amide bonds. The van der Waals surface area contributed by atoms with Crippen LogP contribution in [0.3, 0.4) is 0 Å². The summed E-state index contributed by atoms with van der Waals surface area (Å²) in [4.78, 5) is 8.52.